The molecule has 0 aromatic carbocycles. The van der Waals surface area contributed by atoms with Gasteiger partial charge in [0.15, 0.2) is 12.3 Å². The van der Waals surface area contributed by atoms with Crippen molar-refractivity contribution < 1.29 is 9.53 Å². The summed E-state index contributed by atoms with van der Waals surface area (Å²) in [6, 6.07) is 1.71. The van der Waals surface area contributed by atoms with Crippen molar-refractivity contribution in [3.63, 3.8) is 0 Å². The first-order valence-corrected chi connectivity index (χ1v) is 9.26. The van der Waals surface area contributed by atoms with Crippen LogP contribution in [0.2, 0.25) is 0 Å². The van der Waals surface area contributed by atoms with Crippen molar-refractivity contribution in [3.05, 3.63) is 72.2 Å². The smallest absolute Gasteiger partial charge is 0.248 e. The Hall–Kier alpha value is -3.61. The summed E-state index contributed by atoms with van der Waals surface area (Å²) in [5, 5.41) is 24.9. The van der Waals surface area contributed by atoms with Gasteiger partial charge in [-0.25, -0.2) is 0 Å². The van der Waals surface area contributed by atoms with Crippen LogP contribution in [-0.2, 0) is 9.53 Å². The number of hydrogen-bond acceptors (Lipinski definition) is 6. The van der Waals surface area contributed by atoms with Crippen LogP contribution in [-0.4, -0.2) is 28.9 Å². The summed E-state index contributed by atoms with van der Waals surface area (Å²) in [5.74, 6) is -0.217. The van der Waals surface area contributed by atoms with Crippen LogP contribution in [0.1, 0.15) is 43.7 Å². The highest BCUT2D eigenvalue weighted by atomic mass is 16.5. The Balaban J connectivity index is 2.66. The number of ether oxygens (including phenoxy) is 1. The summed E-state index contributed by atoms with van der Waals surface area (Å²) in [5.41, 5.74) is 2.28. The molecule has 0 radical (unpaired) electrons. The van der Waals surface area contributed by atoms with Crippen molar-refractivity contribution in [3.8, 4) is 0 Å². The molecule has 152 valence electrons. The molecule has 1 amide bonds. The number of carbonyl (C=O) groups is 1. The molecule has 0 aliphatic rings. The van der Waals surface area contributed by atoms with E-state index in [4.69, 9.17) is 16.2 Å². The lowest BCUT2D eigenvalue weighted by Gasteiger charge is -2.05. The van der Waals surface area contributed by atoms with E-state index in [2.05, 4.69) is 21.6 Å². The van der Waals surface area contributed by atoms with E-state index in [1.165, 1.54) is 12.2 Å². The maximum atomic E-state index is 12.3. The molecule has 0 spiro atoms. The molecule has 0 saturated heterocycles. The van der Waals surface area contributed by atoms with Crippen LogP contribution < -0.4 is 5.32 Å². The van der Waals surface area contributed by atoms with Gasteiger partial charge in [0.1, 0.15) is 0 Å². The van der Waals surface area contributed by atoms with Crippen molar-refractivity contribution in [2.75, 3.05) is 0 Å². The largest absolute Gasteiger partial charge is 0.433 e. The van der Waals surface area contributed by atoms with Gasteiger partial charge in [-0.05, 0) is 43.6 Å². The number of unbranched alkanes of at least 4 members (excludes halogenated alkanes) is 1. The summed E-state index contributed by atoms with van der Waals surface area (Å²) >= 11 is 0. The summed E-state index contributed by atoms with van der Waals surface area (Å²) in [7, 11) is 0. The predicted molar refractivity (Wildman–Crippen MR) is 117 cm³/mol. The Bertz CT molecular complexity index is 837. The third-order valence-corrected chi connectivity index (χ3v) is 3.73. The van der Waals surface area contributed by atoms with E-state index < -0.39 is 0 Å². The molecule has 0 aliphatic heterocycles. The highest BCUT2D eigenvalue weighted by molar-refractivity contribution is 6.08. The second-order valence-electron chi connectivity index (χ2n) is 5.92. The van der Waals surface area contributed by atoms with Gasteiger partial charge in [-0.2, -0.15) is 0 Å². The fraction of sp³-hybridized carbons (Fsp3) is 0.227. The third-order valence-electron chi connectivity index (χ3n) is 3.73. The normalized spacial score (nSPS) is 11.4. The van der Waals surface area contributed by atoms with Crippen LogP contribution in [0.15, 0.2) is 61.1 Å². The zero-order chi connectivity index (χ0) is 21.5. The minimum atomic E-state index is -0.282. The van der Waals surface area contributed by atoms with Crippen molar-refractivity contribution >= 4 is 30.0 Å². The highest BCUT2D eigenvalue weighted by Gasteiger charge is 2.04. The van der Waals surface area contributed by atoms with Crippen LogP contribution in [0.4, 0.5) is 0 Å². The average Bonchev–Trinajstić information content (AvgIpc) is 2.72. The molecule has 1 aromatic rings. The third kappa shape index (κ3) is 9.23. The van der Waals surface area contributed by atoms with Gasteiger partial charge < -0.3 is 15.5 Å². The molecule has 0 atom stereocenters. The van der Waals surface area contributed by atoms with E-state index >= 15 is 0 Å². The molecular formula is C22H27N5O2. The number of aromatic nitrogens is 1. The molecule has 0 bridgehead atoms. The van der Waals surface area contributed by atoms with Crippen LogP contribution in [0.25, 0.3) is 6.08 Å². The zero-order valence-corrected chi connectivity index (χ0v) is 16.6. The first-order valence-electron chi connectivity index (χ1n) is 9.26. The lowest BCUT2D eigenvalue weighted by molar-refractivity contribution is -0.115. The number of pyridine rings is 1. The molecular weight excluding hydrogens is 366 g/mol. The lowest BCUT2D eigenvalue weighted by Crippen LogP contribution is -2.19. The van der Waals surface area contributed by atoms with E-state index in [1.54, 1.807) is 24.5 Å². The van der Waals surface area contributed by atoms with Crippen LogP contribution >= 0.6 is 0 Å². The summed E-state index contributed by atoms with van der Waals surface area (Å²) in [6.07, 6.45) is 16.7. The number of hydrogen-bond donors (Lipinski definition) is 4. The number of nitrogens with one attached hydrogen (secondary N) is 4. The molecule has 1 aromatic heterocycles. The minimum Gasteiger partial charge on any atom is -0.433 e. The quantitative estimate of drug-likeness (QED) is 0.138. The standard InChI is InChI=1S/C22H27N5O2/c1-3-8-18(9-6-5-7-10-21(25)29-16-23)27-22(28)12-11-17-15-26-14-13-19(17)20(24)4-2/h4,6,8-9,11-16,23-25H,2-3,5,7,10H2,1H3,(H,27,28)/b9-6-,12-11+,18-8+,23-16?,24-20?,25-21?. The fourth-order valence-electron chi connectivity index (χ4n) is 2.35. The van der Waals surface area contributed by atoms with Crippen molar-refractivity contribution in [1.82, 2.24) is 10.3 Å². The molecule has 0 fully saturated rings. The zero-order valence-electron chi connectivity index (χ0n) is 16.6. The molecule has 0 unspecified atom stereocenters. The Kier molecular flexibility index (Phi) is 10.9. The van der Waals surface area contributed by atoms with Gasteiger partial charge in [-0.3, -0.25) is 20.6 Å². The number of amides is 1. The molecule has 0 saturated carbocycles. The molecule has 7 nitrogen and oxygen atoms in total. The topological polar surface area (TPSA) is 123 Å². The lowest BCUT2D eigenvalue weighted by atomic mass is 10.1. The summed E-state index contributed by atoms with van der Waals surface area (Å²) < 4.78 is 4.66. The number of rotatable bonds is 12. The van der Waals surface area contributed by atoms with Crippen LogP contribution in [0.5, 0.6) is 0 Å². The van der Waals surface area contributed by atoms with Crippen molar-refractivity contribution in [2.24, 2.45) is 0 Å². The first-order chi connectivity index (χ1) is 14.0. The average molecular weight is 393 g/mol. The number of allylic oxidation sites excluding steroid dienone is 4. The van der Waals surface area contributed by atoms with E-state index in [1.807, 2.05) is 25.2 Å². The van der Waals surface area contributed by atoms with Gasteiger partial charge in [0.25, 0.3) is 0 Å². The van der Waals surface area contributed by atoms with Gasteiger partial charge in [-0.15, -0.1) is 0 Å². The maximum absolute atomic E-state index is 12.3. The van der Waals surface area contributed by atoms with Gasteiger partial charge in [0.2, 0.25) is 5.91 Å². The van der Waals surface area contributed by atoms with Crippen LogP contribution in [0.3, 0.4) is 0 Å². The second kappa shape index (κ2) is 13.5. The van der Waals surface area contributed by atoms with Gasteiger partial charge in [-0.1, -0.05) is 25.7 Å². The van der Waals surface area contributed by atoms with Crippen molar-refractivity contribution in [2.45, 2.75) is 32.6 Å². The molecule has 4 N–H and O–H groups in total. The van der Waals surface area contributed by atoms with E-state index in [-0.39, 0.29) is 17.5 Å². The Labute approximate surface area is 171 Å². The van der Waals surface area contributed by atoms with Gasteiger partial charge in [0, 0.05) is 41.7 Å². The Morgan fingerprint density at radius 3 is 2.83 bits per heavy atom. The number of nitrogens with zero attached hydrogens (tertiary/aromatic N) is 1. The molecule has 1 rings (SSSR count). The van der Waals surface area contributed by atoms with Gasteiger partial charge in [0.05, 0.1) is 5.71 Å². The maximum Gasteiger partial charge on any atom is 0.248 e. The number of carbonyl (C=O) groups excluding carboxylic acids is 1. The first kappa shape index (κ1) is 23.4. The predicted octanol–water partition coefficient (Wildman–Crippen LogP) is 4.39. The van der Waals surface area contributed by atoms with Crippen molar-refractivity contribution in [1.29, 1.82) is 16.2 Å². The minimum absolute atomic E-state index is 0.0653. The summed E-state index contributed by atoms with van der Waals surface area (Å²) in [6.45, 7) is 5.58. The highest BCUT2D eigenvalue weighted by Crippen LogP contribution is 2.10. The SMILES string of the molecule is C=CC(=N)c1ccncc1/C=C/C(=O)NC(/C=C\CCCC(=N)OC=N)=C/CC. The Morgan fingerprint density at radius 2 is 2.14 bits per heavy atom. The van der Waals surface area contributed by atoms with Crippen LogP contribution in [0, 0.1) is 16.2 Å². The molecule has 0 aliphatic carbocycles. The van der Waals surface area contributed by atoms with Gasteiger partial charge >= 0.3 is 0 Å². The van der Waals surface area contributed by atoms with E-state index in [9.17, 15) is 4.79 Å². The summed E-state index contributed by atoms with van der Waals surface area (Å²) in [4.78, 5) is 16.3. The second-order valence-corrected chi connectivity index (χ2v) is 5.92. The monoisotopic (exact) mass is 393 g/mol. The molecule has 7 heteroatoms. The fourth-order valence-corrected chi connectivity index (χ4v) is 2.35. The van der Waals surface area contributed by atoms with E-state index in [0.717, 1.165) is 25.7 Å². The van der Waals surface area contributed by atoms with E-state index in [0.29, 0.717) is 23.2 Å². The Morgan fingerprint density at radius 1 is 1.34 bits per heavy atom. The molecule has 29 heavy (non-hydrogen) atoms. The molecule has 1 heterocycles.